The summed E-state index contributed by atoms with van der Waals surface area (Å²) in [6.45, 7) is 1.81. The lowest BCUT2D eigenvalue weighted by atomic mass is 9.69. The number of hydrogen-bond acceptors (Lipinski definition) is 3. The van der Waals surface area contributed by atoms with E-state index in [-0.39, 0.29) is 5.91 Å². The van der Waals surface area contributed by atoms with Gasteiger partial charge in [0.2, 0.25) is 5.91 Å². The zero-order chi connectivity index (χ0) is 12.3. The minimum Gasteiger partial charge on any atom is -0.353 e. The van der Waals surface area contributed by atoms with Gasteiger partial charge < -0.3 is 10.2 Å². The van der Waals surface area contributed by atoms with Crippen LogP contribution < -0.4 is 5.32 Å². The average molecular weight is 235 g/mol. The predicted octanol–water partition coefficient (Wildman–Crippen LogP) is 1.28. The molecule has 0 bridgehead atoms. The topological polar surface area (TPSA) is 56.1 Å². The van der Waals surface area contributed by atoms with Crippen LogP contribution in [0.2, 0.25) is 0 Å². The Kier molecular flexibility index (Phi) is 3.68. The molecule has 0 aromatic rings. The van der Waals surface area contributed by atoms with Crippen molar-refractivity contribution in [1.29, 1.82) is 5.26 Å². The Morgan fingerprint density at radius 2 is 2.24 bits per heavy atom. The average Bonchev–Trinajstić information content (AvgIpc) is 2.27. The first-order valence-corrected chi connectivity index (χ1v) is 6.58. The van der Waals surface area contributed by atoms with Gasteiger partial charge in [0.1, 0.15) is 5.41 Å². The molecular weight excluding hydrogens is 214 g/mol. The second-order valence-corrected chi connectivity index (χ2v) is 5.39. The fourth-order valence-electron chi connectivity index (χ4n) is 2.70. The highest BCUT2D eigenvalue weighted by Gasteiger charge is 2.44. The van der Waals surface area contributed by atoms with Crippen molar-refractivity contribution in [3.05, 3.63) is 0 Å². The van der Waals surface area contributed by atoms with E-state index in [1.54, 1.807) is 0 Å². The number of hydrogen-bond donors (Lipinski definition) is 1. The predicted molar refractivity (Wildman–Crippen MR) is 65.2 cm³/mol. The van der Waals surface area contributed by atoms with Crippen LogP contribution in [0.25, 0.3) is 0 Å². The summed E-state index contributed by atoms with van der Waals surface area (Å²) in [5.74, 6) is -0.0507. The standard InChI is InChI=1S/C13H21N3O/c1-16-8-3-2-5-11(16)9-15-12(17)13(10-14)6-4-7-13/h11H,2-9H2,1H3,(H,15,17). The van der Waals surface area contributed by atoms with Gasteiger partial charge in [0.25, 0.3) is 0 Å². The smallest absolute Gasteiger partial charge is 0.240 e. The van der Waals surface area contributed by atoms with Crippen molar-refractivity contribution in [2.45, 2.75) is 44.6 Å². The van der Waals surface area contributed by atoms with E-state index in [0.717, 1.165) is 32.2 Å². The quantitative estimate of drug-likeness (QED) is 0.801. The van der Waals surface area contributed by atoms with Gasteiger partial charge in [-0.15, -0.1) is 0 Å². The normalized spacial score (nSPS) is 27.9. The van der Waals surface area contributed by atoms with E-state index in [4.69, 9.17) is 5.26 Å². The second kappa shape index (κ2) is 5.05. The third kappa shape index (κ3) is 2.44. The SMILES string of the molecule is CN1CCCCC1CNC(=O)C1(C#N)CCC1. The lowest BCUT2D eigenvalue weighted by Crippen LogP contribution is -2.50. The molecule has 1 aliphatic heterocycles. The Hall–Kier alpha value is -1.08. The maximum atomic E-state index is 12.0. The molecular formula is C13H21N3O. The molecule has 94 valence electrons. The molecule has 0 aromatic carbocycles. The summed E-state index contributed by atoms with van der Waals surface area (Å²) < 4.78 is 0. The van der Waals surface area contributed by atoms with Crippen LogP contribution >= 0.6 is 0 Å². The molecule has 1 aliphatic carbocycles. The number of nitriles is 1. The number of carbonyl (C=O) groups excluding carboxylic acids is 1. The van der Waals surface area contributed by atoms with Crippen molar-refractivity contribution >= 4 is 5.91 Å². The Morgan fingerprint density at radius 3 is 2.76 bits per heavy atom. The summed E-state index contributed by atoms with van der Waals surface area (Å²) in [7, 11) is 2.11. The fourth-order valence-corrected chi connectivity index (χ4v) is 2.70. The third-order valence-corrected chi connectivity index (χ3v) is 4.28. The van der Waals surface area contributed by atoms with Gasteiger partial charge in [-0.3, -0.25) is 4.79 Å². The van der Waals surface area contributed by atoms with E-state index in [1.165, 1.54) is 12.8 Å². The van der Waals surface area contributed by atoms with E-state index in [9.17, 15) is 4.79 Å². The first kappa shape index (κ1) is 12.4. The summed E-state index contributed by atoms with van der Waals surface area (Å²) in [5.41, 5.74) is -0.701. The maximum absolute atomic E-state index is 12.0. The van der Waals surface area contributed by atoms with Gasteiger partial charge in [-0.2, -0.15) is 5.26 Å². The summed E-state index contributed by atoms with van der Waals surface area (Å²) in [5, 5.41) is 12.0. The first-order chi connectivity index (χ1) is 8.18. The number of piperidine rings is 1. The van der Waals surface area contributed by atoms with Crippen LogP contribution in [0.15, 0.2) is 0 Å². The zero-order valence-corrected chi connectivity index (χ0v) is 10.5. The Balaban J connectivity index is 1.81. The largest absolute Gasteiger partial charge is 0.353 e. The Morgan fingerprint density at radius 1 is 1.47 bits per heavy atom. The highest BCUT2D eigenvalue weighted by molar-refractivity contribution is 5.86. The van der Waals surface area contributed by atoms with Gasteiger partial charge in [0, 0.05) is 12.6 Å². The molecule has 0 radical (unpaired) electrons. The van der Waals surface area contributed by atoms with Gasteiger partial charge in [-0.05, 0) is 45.7 Å². The van der Waals surface area contributed by atoms with Crippen molar-refractivity contribution in [3.63, 3.8) is 0 Å². The summed E-state index contributed by atoms with van der Waals surface area (Å²) >= 11 is 0. The number of amides is 1. The van der Waals surface area contributed by atoms with Gasteiger partial charge in [-0.1, -0.05) is 6.42 Å². The van der Waals surface area contributed by atoms with E-state index < -0.39 is 5.41 Å². The lowest BCUT2D eigenvalue weighted by molar-refractivity contribution is -0.132. The molecule has 1 heterocycles. The molecule has 2 aliphatic rings. The van der Waals surface area contributed by atoms with Gasteiger partial charge in [0.15, 0.2) is 0 Å². The molecule has 1 amide bonds. The molecule has 1 saturated carbocycles. The number of likely N-dealkylation sites (N-methyl/N-ethyl adjacent to an activating group) is 1. The summed E-state index contributed by atoms with van der Waals surface area (Å²) in [6.07, 6.45) is 6.11. The van der Waals surface area contributed by atoms with Crippen LogP contribution in [-0.4, -0.2) is 37.0 Å². The van der Waals surface area contributed by atoms with Crippen molar-refractivity contribution < 1.29 is 4.79 Å². The molecule has 1 saturated heterocycles. The third-order valence-electron chi connectivity index (χ3n) is 4.28. The number of carbonyl (C=O) groups is 1. The Labute approximate surface area is 103 Å². The molecule has 0 aromatic heterocycles. The van der Waals surface area contributed by atoms with Crippen LogP contribution in [-0.2, 0) is 4.79 Å². The minimum absolute atomic E-state index is 0.0507. The highest BCUT2D eigenvalue weighted by Crippen LogP contribution is 2.40. The minimum atomic E-state index is -0.701. The van der Waals surface area contributed by atoms with Crippen LogP contribution in [0.3, 0.4) is 0 Å². The van der Waals surface area contributed by atoms with Gasteiger partial charge in [0.05, 0.1) is 6.07 Å². The molecule has 1 atom stereocenters. The lowest BCUT2D eigenvalue weighted by Gasteiger charge is -2.36. The van der Waals surface area contributed by atoms with E-state index >= 15 is 0 Å². The van der Waals surface area contributed by atoms with Crippen molar-refractivity contribution in [3.8, 4) is 6.07 Å². The fraction of sp³-hybridized carbons (Fsp3) is 0.846. The second-order valence-electron chi connectivity index (χ2n) is 5.39. The van der Waals surface area contributed by atoms with Gasteiger partial charge in [-0.25, -0.2) is 0 Å². The maximum Gasteiger partial charge on any atom is 0.240 e. The molecule has 4 nitrogen and oxygen atoms in total. The summed E-state index contributed by atoms with van der Waals surface area (Å²) in [6, 6.07) is 2.64. The van der Waals surface area contributed by atoms with Crippen molar-refractivity contribution in [1.82, 2.24) is 10.2 Å². The monoisotopic (exact) mass is 235 g/mol. The molecule has 2 rings (SSSR count). The van der Waals surface area contributed by atoms with Crippen molar-refractivity contribution in [2.24, 2.45) is 5.41 Å². The number of rotatable bonds is 3. The summed E-state index contributed by atoms with van der Waals surface area (Å²) in [4.78, 5) is 14.3. The van der Waals surface area contributed by atoms with Crippen LogP contribution in [0.5, 0.6) is 0 Å². The highest BCUT2D eigenvalue weighted by atomic mass is 16.2. The van der Waals surface area contributed by atoms with E-state index in [1.807, 2.05) is 0 Å². The van der Waals surface area contributed by atoms with E-state index in [2.05, 4.69) is 23.3 Å². The molecule has 1 N–H and O–H groups in total. The zero-order valence-electron chi connectivity index (χ0n) is 10.5. The van der Waals surface area contributed by atoms with Crippen LogP contribution in [0.1, 0.15) is 38.5 Å². The van der Waals surface area contributed by atoms with Crippen LogP contribution in [0.4, 0.5) is 0 Å². The molecule has 2 fully saturated rings. The molecule has 17 heavy (non-hydrogen) atoms. The molecule has 0 spiro atoms. The van der Waals surface area contributed by atoms with Crippen LogP contribution in [0, 0.1) is 16.7 Å². The molecule has 4 heteroatoms. The molecule has 1 unspecified atom stereocenters. The number of nitrogens with zero attached hydrogens (tertiary/aromatic N) is 2. The Bertz CT molecular complexity index is 330. The van der Waals surface area contributed by atoms with Crippen molar-refractivity contribution in [2.75, 3.05) is 20.1 Å². The first-order valence-electron chi connectivity index (χ1n) is 6.58. The number of likely N-dealkylation sites (tertiary alicyclic amines) is 1. The van der Waals surface area contributed by atoms with E-state index in [0.29, 0.717) is 12.6 Å². The van der Waals surface area contributed by atoms with Gasteiger partial charge >= 0.3 is 0 Å². The number of nitrogens with one attached hydrogen (secondary N) is 1.